The highest BCUT2D eigenvalue weighted by Crippen LogP contribution is 2.14. The van der Waals surface area contributed by atoms with Crippen molar-refractivity contribution in [2.24, 2.45) is 5.10 Å². The lowest BCUT2D eigenvalue weighted by Crippen LogP contribution is -2.17. The Morgan fingerprint density at radius 2 is 1.67 bits per heavy atom. The number of phenolic OH excluding ortho intramolecular Hbond substituents is 1. The maximum atomic E-state index is 12.1. The van der Waals surface area contributed by atoms with Crippen LogP contribution in [-0.4, -0.2) is 17.2 Å². The highest BCUT2D eigenvalue weighted by Gasteiger charge is 2.04. The molecule has 5 nitrogen and oxygen atoms in total. The van der Waals surface area contributed by atoms with Gasteiger partial charge in [0.05, 0.1) is 6.21 Å². The van der Waals surface area contributed by atoms with Gasteiger partial charge in [-0.3, -0.25) is 4.79 Å². The number of phenols is 1. The zero-order valence-electron chi connectivity index (χ0n) is 14.9. The summed E-state index contributed by atoms with van der Waals surface area (Å²) in [7, 11) is 0. The molecule has 0 saturated carbocycles. The third-order valence-electron chi connectivity index (χ3n) is 3.92. The monoisotopic (exact) mass is 360 g/mol. The lowest BCUT2D eigenvalue weighted by Gasteiger charge is -2.07. The average molecular weight is 360 g/mol. The van der Waals surface area contributed by atoms with Gasteiger partial charge in [-0.05, 0) is 66.6 Å². The molecule has 0 unspecified atom stereocenters. The lowest BCUT2D eigenvalue weighted by molar-refractivity contribution is 0.0955. The highest BCUT2D eigenvalue weighted by molar-refractivity contribution is 5.94. The molecule has 0 atom stereocenters. The van der Waals surface area contributed by atoms with Gasteiger partial charge in [-0.1, -0.05) is 29.8 Å². The van der Waals surface area contributed by atoms with E-state index in [4.69, 9.17) is 4.74 Å². The molecular formula is C22H20N2O3. The predicted octanol–water partition coefficient (Wildman–Crippen LogP) is 4.04. The molecule has 0 bridgehead atoms. The highest BCUT2D eigenvalue weighted by atomic mass is 16.5. The number of carbonyl (C=O) groups excluding carboxylic acids is 1. The number of nitrogens with one attached hydrogen (secondary N) is 1. The van der Waals surface area contributed by atoms with Gasteiger partial charge < -0.3 is 9.84 Å². The van der Waals surface area contributed by atoms with E-state index in [1.807, 2.05) is 43.3 Å². The van der Waals surface area contributed by atoms with Crippen LogP contribution in [0.25, 0.3) is 0 Å². The molecular weight excluding hydrogens is 340 g/mol. The number of nitrogens with zero attached hydrogens (tertiary/aromatic N) is 1. The second-order valence-electron chi connectivity index (χ2n) is 6.09. The van der Waals surface area contributed by atoms with Crippen molar-refractivity contribution in [3.8, 4) is 11.5 Å². The van der Waals surface area contributed by atoms with E-state index in [1.54, 1.807) is 36.4 Å². The van der Waals surface area contributed by atoms with E-state index in [1.165, 1.54) is 11.8 Å². The van der Waals surface area contributed by atoms with Gasteiger partial charge in [0, 0.05) is 5.56 Å². The number of ether oxygens (including phenoxy) is 1. The molecule has 0 aliphatic carbocycles. The van der Waals surface area contributed by atoms with E-state index in [2.05, 4.69) is 10.5 Å². The summed E-state index contributed by atoms with van der Waals surface area (Å²) in [5.74, 6) is 0.699. The Bertz CT molecular complexity index is 915. The van der Waals surface area contributed by atoms with Gasteiger partial charge in [-0.2, -0.15) is 5.10 Å². The van der Waals surface area contributed by atoms with Gasteiger partial charge in [0.1, 0.15) is 18.1 Å². The van der Waals surface area contributed by atoms with E-state index >= 15 is 0 Å². The molecule has 3 aromatic rings. The van der Waals surface area contributed by atoms with Crippen LogP contribution >= 0.6 is 0 Å². The van der Waals surface area contributed by atoms with Crippen LogP contribution < -0.4 is 10.2 Å². The number of aryl methyl sites for hydroxylation is 1. The summed E-state index contributed by atoms with van der Waals surface area (Å²) in [4.78, 5) is 12.1. The third-order valence-corrected chi connectivity index (χ3v) is 3.92. The Labute approximate surface area is 157 Å². The molecule has 1 amide bonds. The smallest absolute Gasteiger partial charge is 0.271 e. The summed E-state index contributed by atoms with van der Waals surface area (Å²) >= 11 is 0. The van der Waals surface area contributed by atoms with Crippen molar-refractivity contribution in [1.82, 2.24) is 5.43 Å². The van der Waals surface area contributed by atoms with Gasteiger partial charge in [-0.15, -0.1) is 0 Å². The van der Waals surface area contributed by atoms with Crippen molar-refractivity contribution in [2.75, 3.05) is 0 Å². The number of amides is 1. The van der Waals surface area contributed by atoms with Gasteiger partial charge >= 0.3 is 0 Å². The van der Waals surface area contributed by atoms with Crippen LogP contribution in [-0.2, 0) is 6.61 Å². The van der Waals surface area contributed by atoms with Crippen molar-refractivity contribution in [1.29, 1.82) is 0 Å². The van der Waals surface area contributed by atoms with Crippen LogP contribution in [0, 0.1) is 6.92 Å². The number of hydrogen-bond donors (Lipinski definition) is 2. The van der Waals surface area contributed by atoms with Crippen molar-refractivity contribution >= 4 is 12.1 Å². The van der Waals surface area contributed by atoms with Gasteiger partial charge in [0.25, 0.3) is 5.91 Å². The van der Waals surface area contributed by atoms with Crippen LogP contribution in [0.2, 0.25) is 0 Å². The number of benzene rings is 3. The summed E-state index contributed by atoms with van der Waals surface area (Å²) < 4.78 is 5.73. The number of hydrazone groups is 1. The Morgan fingerprint density at radius 1 is 1.00 bits per heavy atom. The minimum absolute atomic E-state index is 0.183. The van der Waals surface area contributed by atoms with Crippen LogP contribution in [0.3, 0.4) is 0 Å². The summed E-state index contributed by atoms with van der Waals surface area (Å²) in [6.07, 6.45) is 1.52. The molecule has 5 heteroatoms. The molecule has 27 heavy (non-hydrogen) atoms. The Morgan fingerprint density at radius 3 is 2.33 bits per heavy atom. The zero-order chi connectivity index (χ0) is 19.1. The summed E-state index contributed by atoms with van der Waals surface area (Å²) in [5.41, 5.74) is 5.93. The van der Waals surface area contributed by atoms with Crippen molar-refractivity contribution < 1.29 is 14.6 Å². The maximum absolute atomic E-state index is 12.1. The molecule has 0 saturated heterocycles. The predicted molar refractivity (Wildman–Crippen MR) is 105 cm³/mol. The zero-order valence-corrected chi connectivity index (χ0v) is 14.9. The molecule has 0 fully saturated rings. The largest absolute Gasteiger partial charge is 0.508 e. The van der Waals surface area contributed by atoms with Crippen LogP contribution in [0.4, 0.5) is 0 Å². The van der Waals surface area contributed by atoms with E-state index < -0.39 is 0 Å². The number of carbonyl (C=O) groups is 1. The molecule has 0 radical (unpaired) electrons. The first-order valence-electron chi connectivity index (χ1n) is 8.51. The lowest BCUT2D eigenvalue weighted by atomic mass is 10.1. The van der Waals surface area contributed by atoms with Crippen molar-refractivity contribution in [2.45, 2.75) is 13.5 Å². The molecule has 3 rings (SSSR count). The summed E-state index contributed by atoms with van der Waals surface area (Å²) in [6, 6.07) is 21.6. The summed E-state index contributed by atoms with van der Waals surface area (Å²) in [5, 5.41) is 13.2. The van der Waals surface area contributed by atoms with Gasteiger partial charge in [-0.25, -0.2) is 5.43 Å². The fourth-order valence-corrected chi connectivity index (χ4v) is 2.34. The average Bonchev–Trinajstić information content (AvgIpc) is 2.69. The first kappa shape index (κ1) is 18.2. The van der Waals surface area contributed by atoms with Crippen molar-refractivity contribution in [3.63, 3.8) is 0 Å². The SMILES string of the molecule is Cc1ccc(OCc2ccc(C(=O)N/N=C/c3ccc(O)cc3)cc2)cc1. The molecule has 0 aromatic heterocycles. The molecule has 0 aliphatic rings. The molecule has 136 valence electrons. The van der Waals surface area contributed by atoms with E-state index in [-0.39, 0.29) is 11.7 Å². The van der Waals surface area contributed by atoms with Crippen molar-refractivity contribution in [3.05, 3.63) is 95.1 Å². The van der Waals surface area contributed by atoms with Crippen LogP contribution in [0.5, 0.6) is 11.5 Å². The maximum Gasteiger partial charge on any atom is 0.271 e. The second kappa shape index (κ2) is 8.67. The van der Waals surface area contributed by atoms with E-state index in [0.29, 0.717) is 12.2 Å². The minimum atomic E-state index is -0.295. The molecule has 3 aromatic carbocycles. The van der Waals surface area contributed by atoms with E-state index in [0.717, 1.165) is 16.9 Å². The number of hydrogen-bond acceptors (Lipinski definition) is 4. The summed E-state index contributed by atoms with van der Waals surface area (Å²) in [6.45, 7) is 2.46. The van der Waals surface area contributed by atoms with Crippen LogP contribution in [0.1, 0.15) is 27.0 Å². The van der Waals surface area contributed by atoms with Crippen LogP contribution in [0.15, 0.2) is 77.9 Å². The second-order valence-corrected chi connectivity index (χ2v) is 6.09. The first-order valence-corrected chi connectivity index (χ1v) is 8.51. The Balaban J connectivity index is 1.52. The fourth-order valence-electron chi connectivity index (χ4n) is 2.34. The minimum Gasteiger partial charge on any atom is -0.508 e. The van der Waals surface area contributed by atoms with E-state index in [9.17, 15) is 9.90 Å². The third kappa shape index (κ3) is 5.44. The topological polar surface area (TPSA) is 70.9 Å². The Hall–Kier alpha value is -3.60. The molecule has 0 aliphatic heterocycles. The first-order chi connectivity index (χ1) is 13.1. The fraction of sp³-hybridized carbons (Fsp3) is 0.0909. The molecule has 0 spiro atoms. The number of aromatic hydroxyl groups is 1. The Kier molecular flexibility index (Phi) is 5.84. The van der Waals surface area contributed by atoms with Gasteiger partial charge in [0.2, 0.25) is 0 Å². The molecule has 2 N–H and O–H groups in total. The van der Waals surface area contributed by atoms with Gasteiger partial charge in [0.15, 0.2) is 0 Å². The standard InChI is InChI=1S/C22H20N2O3/c1-16-2-12-21(13-3-16)27-15-18-4-8-19(9-5-18)22(26)24-23-14-17-6-10-20(25)11-7-17/h2-14,25H,15H2,1H3,(H,24,26)/b23-14+. The molecule has 0 heterocycles. The number of rotatable bonds is 6. The quantitative estimate of drug-likeness (QED) is 0.515. The normalized spacial score (nSPS) is 10.7.